The van der Waals surface area contributed by atoms with Crippen LogP contribution in [0.5, 0.6) is 0 Å². The lowest BCUT2D eigenvalue weighted by Crippen LogP contribution is -2.33. The molecular formula is C18H21F2N3O2. The van der Waals surface area contributed by atoms with Gasteiger partial charge in [0.05, 0.1) is 11.4 Å². The molecule has 0 saturated heterocycles. The highest BCUT2D eigenvalue weighted by molar-refractivity contribution is 5.93. The summed E-state index contributed by atoms with van der Waals surface area (Å²) in [6, 6.07) is 9.10. The van der Waals surface area contributed by atoms with Crippen LogP contribution < -0.4 is 10.9 Å². The summed E-state index contributed by atoms with van der Waals surface area (Å²) < 4.78 is 29.6. The van der Waals surface area contributed by atoms with E-state index < -0.39 is 11.8 Å². The van der Waals surface area contributed by atoms with Crippen LogP contribution in [0.1, 0.15) is 31.4 Å². The third kappa shape index (κ3) is 3.36. The van der Waals surface area contributed by atoms with Gasteiger partial charge in [0, 0.05) is 25.8 Å². The second-order valence-electron chi connectivity index (χ2n) is 6.56. The summed E-state index contributed by atoms with van der Waals surface area (Å²) in [4.78, 5) is 25.2. The van der Waals surface area contributed by atoms with Crippen LogP contribution in [0.25, 0.3) is 5.69 Å². The first-order chi connectivity index (χ1) is 11.8. The van der Waals surface area contributed by atoms with Gasteiger partial charge in [-0.3, -0.25) is 14.3 Å². The lowest BCUT2D eigenvalue weighted by Gasteiger charge is -2.27. The molecule has 1 aliphatic rings. The van der Waals surface area contributed by atoms with Crippen LogP contribution in [0.3, 0.4) is 0 Å². The van der Waals surface area contributed by atoms with Gasteiger partial charge in [0.15, 0.2) is 0 Å². The van der Waals surface area contributed by atoms with E-state index in [9.17, 15) is 18.4 Å². The normalized spacial score (nSPS) is 17.4. The predicted octanol–water partition coefficient (Wildman–Crippen LogP) is 3.25. The first-order valence-electron chi connectivity index (χ1n) is 8.33. The van der Waals surface area contributed by atoms with Crippen molar-refractivity contribution < 1.29 is 13.6 Å². The minimum atomic E-state index is -2.68. The van der Waals surface area contributed by atoms with Gasteiger partial charge in [-0.25, -0.2) is 13.5 Å². The van der Waals surface area contributed by atoms with Gasteiger partial charge in [-0.05, 0) is 31.9 Å². The summed E-state index contributed by atoms with van der Waals surface area (Å²) in [6.45, 7) is 1.74. The zero-order valence-electron chi connectivity index (χ0n) is 14.3. The van der Waals surface area contributed by atoms with Crippen LogP contribution in [0, 0.1) is 12.8 Å². The highest BCUT2D eigenvalue weighted by Gasteiger charge is 2.37. The zero-order valence-corrected chi connectivity index (χ0v) is 14.3. The number of nitrogens with one attached hydrogen (secondary N) is 1. The van der Waals surface area contributed by atoms with Crippen molar-refractivity contribution in [3.05, 3.63) is 46.4 Å². The lowest BCUT2D eigenvalue weighted by molar-refractivity contribution is -0.124. The number of amides is 1. The molecule has 3 rings (SSSR count). The number of nitrogens with zero attached hydrogens (tertiary/aromatic N) is 2. The lowest BCUT2D eigenvalue weighted by atomic mass is 9.86. The summed E-state index contributed by atoms with van der Waals surface area (Å²) in [7, 11) is 1.74. The van der Waals surface area contributed by atoms with Gasteiger partial charge in [0.1, 0.15) is 5.69 Å². The highest BCUT2D eigenvalue weighted by atomic mass is 19.3. The molecule has 0 bridgehead atoms. The number of carbonyl (C=O) groups excluding carboxylic acids is 1. The fraction of sp³-hybridized carbons (Fsp3) is 0.444. The Bertz CT molecular complexity index is 830. The van der Waals surface area contributed by atoms with Gasteiger partial charge in [0.2, 0.25) is 11.8 Å². The molecule has 0 radical (unpaired) electrons. The number of carbonyl (C=O) groups is 1. The molecule has 1 aromatic carbocycles. The second kappa shape index (κ2) is 6.46. The van der Waals surface area contributed by atoms with Gasteiger partial charge in [-0.15, -0.1) is 0 Å². The molecule has 1 aliphatic carbocycles. The minimum Gasteiger partial charge on any atom is -0.320 e. The van der Waals surface area contributed by atoms with Crippen molar-refractivity contribution in [3.8, 4) is 5.69 Å². The van der Waals surface area contributed by atoms with E-state index in [0.29, 0.717) is 11.4 Å². The molecule has 134 valence electrons. The van der Waals surface area contributed by atoms with E-state index in [0.717, 1.165) is 0 Å². The van der Waals surface area contributed by atoms with Crippen molar-refractivity contribution in [2.24, 2.45) is 13.0 Å². The van der Waals surface area contributed by atoms with Gasteiger partial charge < -0.3 is 5.32 Å². The summed E-state index contributed by atoms with van der Waals surface area (Å²) in [6.07, 6.45) is -0.296. The number of hydrogen-bond donors (Lipinski definition) is 1. The number of alkyl halides is 2. The quantitative estimate of drug-likeness (QED) is 0.925. The molecule has 1 aromatic heterocycles. The van der Waals surface area contributed by atoms with Crippen molar-refractivity contribution in [2.75, 3.05) is 5.32 Å². The fourth-order valence-electron chi connectivity index (χ4n) is 3.24. The summed E-state index contributed by atoms with van der Waals surface area (Å²) in [5.74, 6) is -3.52. The Morgan fingerprint density at radius 3 is 2.40 bits per heavy atom. The highest BCUT2D eigenvalue weighted by Crippen LogP contribution is 2.36. The Morgan fingerprint density at radius 2 is 1.80 bits per heavy atom. The molecule has 5 nitrogen and oxygen atoms in total. The maximum absolute atomic E-state index is 13.3. The van der Waals surface area contributed by atoms with E-state index in [1.807, 2.05) is 18.2 Å². The van der Waals surface area contributed by atoms with E-state index in [4.69, 9.17) is 0 Å². The van der Waals surface area contributed by atoms with Crippen molar-refractivity contribution in [1.29, 1.82) is 0 Å². The van der Waals surface area contributed by atoms with Crippen LogP contribution in [0.15, 0.2) is 35.1 Å². The largest absolute Gasteiger partial charge is 0.320 e. The van der Waals surface area contributed by atoms with Crippen molar-refractivity contribution in [1.82, 2.24) is 9.36 Å². The molecule has 0 unspecified atom stereocenters. The Hall–Kier alpha value is -2.44. The number of benzene rings is 1. The van der Waals surface area contributed by atoms with Gasteiger partial charge in [-0.1, -0.05) is 18.2 Å². The Kier molecular flexibility index (Phi) is 4.49. The Labute approximate surface area is 144 Å². The number of aromatic nitrogens is 2. The van der Waals surface area contributed by atoms with E-state index in [1.165, 1.54) is 4.68 Å². The number of anilines is 1. The second-order valence-corrected chi connectivity index (χ2v) is 6.56. The van der Waals surface area contributed by atoms with E-state index in [-0.39, 0.29) is 42.8 Å². The monoisotopic (exact) mass is 349 g/mol. The van der Waals surface area contributed by atoms with Gasteiger partial charge in [0.25, 0.3) is 5.56 Å². The van der Waals surface area contributed by atoms with Gasteiger partial charge in [-0.2, -0.15) is 0 Å². The molecule has 1 N–H and O–H groups in total. The smallest absolute Gasteiger partial charge is 0.295 e. The number of halogens is 2. The molecule has 1 fully saturated rings. The van der Waals surface area contributed by atoms with E-state index in [1.54, 1.807) is 30.8 Å². The molecule has 1 amide bonds. The molecule has 7 heteroatoms. The minimum absolute atomic E-state index is 0.136. The van der Waals surface area contributed by atoms with Crippen molar-refractivity contribution in [3.63, 3.8) is 0 Å². The first-order valence-corrected chi connectivity index (χ1v) is 8.33. The van der Waals surface area contributed by atoms with Crippen LogP contribution in [0.2, 0.25) is 0 Å². The summed E-state index contributed by atoms with van der Waals surface area (Å²) in [5, 5.41) is 2.67. The third-order valence-electron chi connectivity index (χ3n) is 4.89. The van der Waals surface area contributed by atoms with Crippen molar-refractivity contribution >= 4 is 11.6 Å². The molecular weight excluding hydrogens is 328 g/mol. The Morgan fingerprint density at radius 1 is 1.20 bits per heavy atom. The molecule has 25 heavy (non-hydrogen) atoms. The molecule has 1 heterocycles. The fourth-order valence-corrected chi connectivity index (χ4v) is 3.24. The summed E-state index contributed by atoms with van der Waals surface area (Å²) in [5.41, 5.74) is 1.17. The van der Waals surface area contributed by atoms with Crippen LogP contribution in [-0.4, -0.2) is 21.2 Å². The number of hydrogen-bond acceptors (Lipinski definition) is 2. The van der Waals surface area contributed by atoms with E-state index >= 15 is 0 Å². The van der Waals surface area contributed by atoms with Crippen molar-refractivity contribution in [2.45, 2.75) is 38.5 Å². The Balaban J connectivity index is 1.84. The molecule has 0 aliphatic heterocycles. The van der Waals surface area contributed by atoms with Crippen LogP contribution >= 0.6 is 0 Å². The SMILES string of the molecule is Cc1c(NC(=O)C2CCC(F)(F)CC2)c(=O)n(-c2ccccc2)n1C. The summed E-state index contributed by atoms with van der Waals surface area (Å²) >= 11 is 0. The van der Waals surface area contributed by atoms with Crippen LogP contribution in [-0.2, 0) is 11.8 Å². The molecule has 0 atom stereocenters. The van der Waals surface area contributed by atoms with Crippen LogP contribution in [0.4, 0.5) is 14.5 Å². The first kappa shape index (κ1) is 17.4. The number of rotatable bonds is 3. The average molecular weight is 349 g/mol. The molecule has 2 aromatic rings. The zero-order chi connectivity index (χ0) is 18.2. The predicted molar refractivity (Wildman–Crippen MR) is 91.3 cm³/mol. The maximum atomic E-state index is 13.3. The number of para-hydroxylation sites is 1. The van der Waals surface area contributed by atoms with Gasteiger partial charge >= 0.3 is 0 Å². The topological polar surface area (TPSA) is 56.0 Å². The molecule has 1 saturated carbocycles. The standard InChI is InChI=1S/C18H21F2N3O2/c1-12-15(21-16(24)13-8-10-18(19,20)11-9-13)17(25)23(22(12)2)14-6-4-3-5-7-14/h3-7,13H,8-11H2,1-2H3,(H,21,24). The third-order valence-corrected chi connectivity index (χ3v) is 4.89. The van der Waals surface area contributed by atoms with E-state index in [2.05, 4.69) is 5.32 Å². The molecule has 0 spiro atoms. The average Bonchev–Trinajstić information content (AvgIpc) is 2.79. The maximum Gasteiger partial charge on any atom is 0.295 e.